The Morgan fingerprint density at radius 1 is 1.45 bits per heavy atom. The van der Waals surface area contributed by atoms with Gasteiger partial charge in [0.15, 0.2) is 0 Å². The van der Waals surface area contributed by atoms with E-state index in [-0.39, 0.29) is 5.91 Å². The van der Waals surface area contributed by atoms with Crippen molar-refractivity contribution in [2.75, 3.05) is 0 Å². The molecule has 1 aromatic carbocycles. The number of rotatable bonds is 4. The first-order valence-electron chi connectivity index (χ1n) is 6.71. The highest BCUT2D eigenvalue weighted by molar-refractivity contribution is 9.10. The van der Waals surface area contributed by atoms with Crippen LogP contribution in [0.3, 0.4) is 0 Å². The lowest BCUT2D eigenvalue weighted by atomic mass is 10.1. The Bertz CT molecular complexity index is 634. The van der Waals surface area contributed by atoms with Crippen LogP contribution in [0, 0.1) is 6.92 Å². The summed E-state index contributed by atoms with van der Waals surface area (Å²) in [6.45, 7) is 2.51. The minimum atomic E-state index is 0.0644. The highest BCUT2D eigenvalue weighted by Gasteiger charge is 2.34. The van der Waals surface area contributed by atoms with Gasteiger partial charge in [-0.15, -0.1) is 0 Å². The summed E-state index contributed by atoms with van der Waals surface area (Å²) in [5.74, 6) is 0.0644. The van der Waals surface area contributed by atoms with Gasteiger partial charge in [0, 0.05) is 22.8 Å². The Labute approximate surface area is 126 Å². The molecule has 4 nitrogen and oxygen atoms in total. The zero-order valence-corrected chi connectivity index (χ0v) is 12.9. The van der Waals surface area contributed by atoms with Crippen LogP contribution in [0.1, 0.15) is 34.5 Å². The number of nitrogens with zero attached hydrogens (tertiary/aromatic N) is 2. The molecule has 0 aliphatic heterocycles. The number of aromatic amines is 1. The third-order valence-corrected chi connectivity index (χ3v) is 4.38. The fourth-order valence-electron chi connectivity index (χ4n) is 2.28. The molecule has 1 N–H and O–H groups in total. The van der Waals surface area contributed by atoms with Crippen molar-refractivity contribution in [3.63, 3.8) is 0 Å². The highest BCUT2D eigenvalue weighted by Crippen LogP contribution is 2.31. The van der Waals surface area contributed by atoms with Crippen molar-refractivity contribution in [2.24, 2.45) is 0 Å². The Kier molecular flexibility index (Phi) is 3.61. The van der Waals surface area contributed by atoms with Crippen LogP contribution >= 0.6 is 15.9 Å². The summed E-state index contributed by atoms with van der Waals surface area (Å²) in [7, 11) is 0. The van der Waals surface area contributed by atoms with E-state index in [1.165, 1.54) is 0 Å². The predicted octanol–water partition coefficient (Wildman–Crippen LogP) is 3.29. The van der Waals surface area contributed by atoms with Crippen molar-refractivity contribution in [2.45, 2.75) is 32.4 Å². The molecular weight excluding hydrogens is 318 g/mol. The number of carbonyl (C=O) groups is 1. The van der Waals surface area contributed by atoms with Crippen LogP contribution in [-0.2, 0) is 6.54 Å². The second-order valence-electron chi connectivity index (χ2n) is 5.16. The summed E-state index contributed by atoms with van der Waals surface area (Å²) in [5, 5.41) is 6.78. The molecule has 1 aliphatic carbocycles. The molecule has 1 amide bonds. The van der Waals surface area contributed by atoms with Gasteiger partial charge < -0.3 is 4.90 Å². The molecule has 1 aromatic heterocycles. The Morgan fingerprint density at radius 3 is 2.80 bits per heavy atom. The quantitative estimate of drug-likeness (QED) is 0.933. The standard InChI is InChI=1S/C15H16BrN3O/c1-10-13(8-17-18-10)15(20)19(12-6-7-12)9-11-4-2-3-5-14(11)16/h2-5,8,12H,6-7,9H2,1H3,(H,17,18). The molecular formula is C15H16BrN3O. The van der Waals surface area contributed by atoms with Crippen molar-refractivity contribution < 1.29 is 4.79 Å². The van der Waals surface area contributed by atoms with E-state index in [0.717, 1.165) is 28.6 Å². The number of halogens is 1. The van der Waals surface area contributed by atoms with E-state index >= 15 is 0 Å². The van der Waals surface area contributed by atoms with E-state index in [4.69, 9.17) is 0 Å². The van der Waals surface area contributed by atoms with Crippen LogP contribution in [0.2, 0.25) is 0 Å². The zero-order chi connectivity index (χ0) is 14.1. The molecule has 1 fully saturated rings. The monoisotopic (exact) mass is 333 g/mol. The molecule has 1 saturated carbocycles. The molecule has 1 heterocycles. The van der Waals surface area contributed by atoms with Crippen LogP contribution < -0.4 is 0 Å². The second kappa shape index (κ2) is 5.40. The molecule has 0 radical (unpaired) electrons. The van der Waals surface area contributed by atoms with Gasteiger partial charge in [-0.3, -0.25) is 9.89 Å². The Hall–Kier alpha value is -1.62. The van der Waals surface area contributed by atoms with Gasteiger partial charge in [-0.05, 0) is 31.4 Å². The molecule has 20 heavy (non-hydrogen) atoms. The van der Waals surface area contributed by atoms with Crippen LogP contribution in [0.15, 0.2) is 34.9 Å². The van der Waals surface area contributed by atoms with E-state index < -0.39 is 0 Å². The third kappa shape index (κ3) is 2.63. The maximum atomic E-state index is 12.7. The zero-order valence-electron chi connectivity index (χ0n) is 11.3. The van der Waals surface area contributed by atoms with Crippen molar-refractivity contribution in [1.29, 1.82) is 0 Å². The smallest absolute Gasteiger partial charge is 0.257 e. The maximum Gasteiger partial charge on any atom is 0.257 e. The molecule has 5 heteroatoms. The minimum Gasteiger partial charge on any atom is -0.331 e. The van der Waals surface area contributed by atoms with Gasteiger partial charge in [0.25, 0.3) is 5.91 Å². The average molecular weight is 334 g/mol. The molecule has 0 unspecified atom stereocenters. The number of amides is 1. The summed E-state index contributed by atoms with van der Waals surface area (Å²) in [5.41, 5.74) is 2.63. The van der Waals surface area contributed by atoms with Gasteiger partial charge in [-0.25, -0.2) is 0 Å². The van der Waals surface area contributed by atoms with Crippen molar-refractivity contribution in [3.8, 4) is 0 Å². The Balaban J connectivity index is 1.85. The number of nitrogens with one attached hydrogen (secondary N) is 1. The summed E-state index contributed by atoms with van der Waals surface area (Å²) in [6.07, 6.45) is 3.80. The SMILES string of the molecule is Cc1[nH]ncc1C(=O)N(Cc1ccccc1Br)C1CC1. The first kappa shape index (κ1) is 13.4. The van der Waals surface area contributed by atoms with Crippen molar-refractivity contribution >= 4 is 21.8 Å². The second-order valence-corrected chi connectivity index (χ2v) is 6.02. The summed E-state index contributed by atoms with van der Waals surface area (Å²) < 4.78 is 1.04. The van der Waals surface area contributed by atoms with Gasteiger partial charge in [0.05, 0.1) is 11.8 Å². The van der Waals surface area contributed by atoms with Gasteiger partial charge in [0.1, 0.15) is 0 Å². The highest BCUT2D eigenvalue weighted by atomic mass is 79.9. The number of benzene rings is 1. The van der Waals surface area contributed by atoms with E-state index in [9.17, 15) is 4.79 Å². The molecule has 2 aromatic rings. The normalized spacial score (nSPS) is 14.3. The fourth-order valence-corrected chi connectivity index (χ4v) is 2.69. The van der Waals surface area contributed by atoms with Gasteiger partial charge in [-0.1, -0.05) is 34.1 Å². The first-order valence-corrected chi connectivity index (χ1v) is 7.50. The maximum absolute atomic E-state index is 12.7. The fraction of sp³-hybridized carbons (Fsp3) is 0.333. The van der Waals surface area contributed by atoms with Gasteiger partial charge in [0.2, 0.25) is 0 Å². The van der Waals surface area contributed by atoms with Crippen LogP contribution in [-0.4, -0.2) is 27.0 Å². The molecule has 0 saturated heterocycles. The molecule has 3 rings (SSSR count). The molecule has 0 bridgehead atoms. The lowest BCUT2D eigenvalue weighted by Crippen LogP contribution is -2.32. The van der Waals surface area contributed by atoms with Crippen LogP contribution in [0.5, 0.6) is 0 Å². The first-order chi connectivity index (χ1) is 9.66. The lowest BCUT2D eigenvalue weighted by molar-refractivity contribution is 0.0729. The molecule has 104 valence electrons. The number of aryl methyl sites for hydroxylation is 1. The topological polar surface area (TPSA) is 49.0 Å². The minimum absolute atomic E-state index is 0.0644. The largest absolute Gasteiger partial charge is 0.331 e. The van der Waals surface area contributed by atoms with Crippen molar-refractivity contribution in [1.82, 2.24) is 15.1 Å². The Morgan fingerprint density at radius 2 is 2.20 bits per heavy atom. The van der Waals surface area contributed by atoms with Crippen molar-refractivity contribution in [3.05, 3.63) is 51.8 Å². The summed E-state index contributed by atoms with van der Waals surface area (Å²) in [4.78, 5) is 14.6. The molecule has 1 aliphatic rings. The molecule has 0 spiro atoms. The van der Waals surface area contributed by atoms with E-state index in [1.54, 1.807) is 6.20 Å². The third-order valence-electron chi connectivity index (χ3n) is 3.61. The predicted molar refractivity (Wildman–Crippen MR) is 80.4 cm³/mol. The van der Waals surface area contributed by atoms with Gasteiger partial charge in [-0.2, -0.15) is 5.10 Å². The summed E-state index contributed by atoms with van der Waals surface area (Å²) in [6, 6.07) is 8.41. The van der Waals surface area contributed by atoms with E-state index in [0.29, 0.717) is 18.2 Å². The lowest BCUT2D eigenvalue weighted by Gasteiger charge is -2.23. The molecule has 0 atom stereocenters. The van der Waals surface area contributed by atoms with Crippen LogP contribution in [0.4, 0.5) is 0 Å². The number of H-pyrrole nitrogens is 1. The van der Waals surface area contributed by atoms with E-state index in [1.807, 2.05) is 30.0 Å². The number of aromatic nitrogens is 2. The summed E-state index contributed by atoms with van der Waals surface area (Å²) >= 11 is 3.55. The van der Waals surface area contributed by atoms with E-state index in [2.05, 4.69) is 32.2 Å². The number of carbonyl (C=O) groups excluding carboxylic acids is 1. The number of hydrogen-bond acceptors (Lipinski definition) is 2. The van der Waals surface area contributed by atoms with Gasteiger partial charge >= 0.3 is 0 Å². The number of hydrogen-bond donors (Lipinski definition) is 1. The van der Waals surface area contributed by atoms with Crippen LogP contribution in [0.25, 0.3) is 0 Å². The average Bonchev–Trinajstić information content (AvgIpc) is 3.19.